The van der Waals surface area contributed by atoms with Gasteiger partial charge in [-0.25, -0.2) is 0 Å². The third-order valence-electron chi connectivity index (χ3n) is 2.66. The maximum Gasteiger partial charge on any atom is 0.204 e. The summed E-state index contributed by atoms with van der Waals surface area (Å²) in [4.78, 5) is 0. The minimum atomic E-state index is -0.556. The summed E-state index contributed by atoms with van der Waals surface area (Å²) in [7, 11) is 0. The minimum Gasteiger partial charge on any atom is -0.390 e. The van der Waals surface area contributed by atoms with Crippen LogP contribution in [0.1, 0.15) is 52.9 Å². The standard InChI is InChI=1S/C13H23O/c1-6-13(14,9-7-11(2)3)10-8-12(4)5/h2,14H,4,6-10H2,1,3,5H3/q+1. The van der Waals surface area contributed by atoms with Crippen molar-refractivity contribution in [3.63, 3.8) is 0 Å². The van der Waals surface area contributed by atoms with E-state index in [1.54, 1.807) is 0 Å². The highest BCUT2D eigenvalue weighted by Crippen LogP contribution is 2.26. The summed E-state index contributed by atoms with van der Waals surface area (Å²) >= 11 is 0. The zero-order valence-electron chi connectivity index (χ0n) is 9.77. The number of aliphatic hydroxyl groups is 1. The molecular weight excluding hydrogens is 172 g/mol. The van der Waals surface area contributed by atoms with Crippen LogP contribution in [-0.4, -0.2) is 10.7 Å². The van der Waals surface area contributed by atoms with Gasteiger partial charge in [-0.2, -0.15) is 0 Å². The number of hydrogen-bond acceptors (Lipinski definition) is 1. The molecule has 0 saturated heterocycles. The predicted octanol–water partition coefficient (Wildman–Crippen LogP) is 3.64. The highest BCUT2D eigenvalue weighted by Gasteiger charge is 2.24. The van der Waals surface area contributed by atoms with E-state index >= 15 is 0 Å². The predicted molar refractivity (Wildman–Crippen MR) is 62.0 cm³/mol. The number of hydrogen-bond donors (Lipinski definition) is 1. The molecular formula is C13H23O+. The summed E-state index contributed by atoms with van der Waals surface area (Å²) in [6.07, 6.45) is 4.05. The van der Waals surface area contributed by atoms with Crippen LogP contribution in [0.15, 0.2) is 17.7 Å². The lowest BCUT2D eigenvalue weighted by molar-refractivity contribution is 0.0195. The Morgan fingerprint density at radius 3 is 2.14 bits per heavy atom. The van der Waals surface area contributed by atoms with E-state index in [9.17, 15) is 5.11 Å². The highest BCUT2D eigenvalue weighted by atomic mass is 16.3. The lowest BCUT2D eigenvalue weighted by Gasteiger charge is -2.26. The Hall–Kier alpha value is -0.650. The normalized spacial score (nSPS) is 14.8. The fourth-order valence-corrected chi connectivity index (χ4v) is 1.35. The van der Waals surface area contributed by atoms with Gasteiger partial charge in [0.05, 0.1) is 5.60 Å². The zero-order valence-corrected chi connectivity index (χ0v) is 9.77. The maximum absolute atomic E-state index is 10.2. The molecule has 1 unspecified atom stereocenters. The topological polar surface area (TPSA) is 20.2 Å². The first-order chi connectivity index (χ1) is 6.39. The van der Waals surface area contributed by atoms with Crippen LogP contribution >= 0.6 is 0 Å². The highest BCUT2D eigenvalue weighted by molar-refractivity contribution is 4.94. The van der Waals surface area contributed by atoms with E-state index in [0.717, 1.165) is 43.3 Å². The second-order valence-corrected chi connectivity index (χ2v) is 4.38. The van der Waals surface area contributed by atoms with Crippen LogP contribution in [0.25, 0.3) is 0 Å². The van der Waals surface area contributed by atoms with Crippen LogP contribution in [0.5, 0.6) is 0 Å². The Balaban J connectivity index is 4.03. The van der Waals surface area contributed by atoms with Gasteiger partial charge in [0, 0.05) is 13.3 Å². The van der Waals surface area contributed by atoms with Crippen molar-refractivity contribution in [3.05, 3.63) is 24.3 Å². The summed E-state index contributed by atoms with van der Waals surface area (Å²) in [5.41, 5.74) is 1.47. The molecule has 0 spiro atoms. The molecule has 0 aromatic heterocycles. The Morgan fingerprint density at radius 1 is 1.29 bits per heavy atom. The molecule has 0 aromatic carbocycles. The van der Waals surface area contributed by atoms with E-state index in [0.29, 0.717) is 0 Å². The Labute approximate surface area is 88.5 Å². The van der Waals surface area contributed by atoms with E-state index in [4.69, 9.17) is 6.58 Å². The zero-order chi connectivity index (χ0) is 11.2. The summed E-state index contributed by atoms with van der Waals surface area (Å²) in [6, 6.07) is 0. The van der Waals surface area contributed by atoms with Gasteiger partial charge in [0.15, 0.2) is 5.57 Å². The number of allylic oxidation sites excluding steroid dienone is 2. The quantitative estimate of drug-likeness (QED) is 0.485. The molecule has 0 aromatic rings. The van der Waals surface area contributed by atoms with Gasteiger partial charge in [-0.1, -0.05) is 12.5 Å². The van der Waals surface area contributed by atoms with Crippen molar-refractivity contribution in [3.8, 4) is 0 Å². The average Bonchev–Trinajstić information content (AvgIpc) is 2.11. The van der Waals surface area contributed by atoms with Crippen molar-refractivity contribution in [2.75, 3.05) is 0 Å². The summed E-state index contributed by atoms with van der Waals surface area (Å²) in [5, 5.41) is 10.2. The first-order valence-electron chi connectivity index (χ1n) is 5.34. The van der Waals surface area contributed by atoms with Crippen molar-refractivity contribution in [1.29, 1.82) is 0 Å². The van der Waals surface area contributed by atoms with E-state index in [1.165, 1.54) is 0 Å². The molecule has 0 fully saturated rings. The van der Waals surface area contributed by atoms with Crippen molar-refractivity contribution in [2.24, 2.45) is 0 Å². The molecule has 0 saturated carbocycles. The lowest BCUT2D eigenvalue weighted by atomic mass is 9.87. The molecule has 14 heavy (non-hydrogen) atoms. The molecule has 0 heterocycles. The fourth-order valence-electron chi connectivity index (χ4n) is 1.35. The van der Waals surface area contributed by atoms with Crippen LogP contribution in [0.4, 0.5) is 0 Å². The smallest absolute Gasteiger partial charge is 0.204 e. The van der Waals surface area contributed by atoms with Gasteiger partial charge in [0.1, 0.15) is 0 Å². The van der Waals surface area contributed by atoms with Gasteiger partial charge in [0.2, 0.25) is 6.58 Å². The molecule has 1 nitrogen and oxygen atoms in total. The van der Waals surface area contributed by atoms with Crippen LogP contribution in [0.2, 0.25) is 0 Å². The van der Waals surface area contributed by atoms with Crippen molar-refractivity contribution in [2.45, 2.75) is 58.5 Å². The van der Waals surface area contributed by atoms with Gasteiger partial charge in [0.25, 0.3) is 0 Å². The minimum absolute atomic E-state index is 0.556. The summed E-state index contributed by atoms with van der Waals surface area (Å²) in [5.74, 6) is 0. The molecule has 80 valence electrons. The maximum atomic E-state index is 10.2. The SMILES string of the molecule is [CH+]=C(C)CCC(O)(CC)CCC(=C)C. The monoisotopic (exact) mass is 195 g/mol. The summed E-state index contributed by atoms with van der Waals surface area (Å²) in [6.45, 7) is 15.4. The first kappa shape index (κ1) is 13.4. The van der Waals surface area contributed by atoms with Gasteiger partial charge in [-0.15, -0.1) is 6.58 Å². The average molecular weight is 195 g/mol. The van der Waals surface area contributed by atoms with Gasteiger partial charge < -0.3 is 5.11 Å². The third-order valence-corrected chi connectivity index (χ3v) is 2.66. The molecule has 1 N–H and O–H groups in total. The molecule has 0 amide bonds. The summed E-state index contributed by atoms with van der Waals surface area (Å²) < 4.78 is 0. The molecule has 0 aliphatic heterocycles. The number of rotatable bonds is 7. The largest absolute Gasteiger partial charge is 0.390 e. The van der Waals surface area contributed by atoms with E-state index in [1.807, 2.05) is 20.8 Å². The van der Waals surface area contributed by atoms with Crippen LogP contribution in [0.3, 0.4) is 0 Å². The van der Waals surface area contributed by atoms with Crippen molar-refractivity contribution in [1.82, 2.24) is 0 Å². The molecule has 0 radical (unpaired) electrons. The fraction of sp³-hybridized carbons (Fsp3) is 0.692. The first-order valence-corrected chi connectivity index (χ1v) is 5.34. The van der Waals surface area contributed by atoms with Crippen LogP contribution in [0, 0.1) is 6.58 Å². The second kappa shape index (κ2) is 5.95. The van der Waals surface area contributed by atoms with E-state index < -0.39 is 5.60 Å². The lowest BCUT2D eigenvalue weighted by Crippen LogP contribution is -2.27. The van der Waals surface area contributed by atoms with Crippen LogP contribution in [-0.2, 0) is 0 Å². The van der Waals surface area contributed by atoms with Crippen molar-refractivity contribution >= 4 is 0 Å². The van der Waals surface area contributed by atoms with E-state index in [2.05, 4.69) is 6.58 Å². The molecule has 1 atom stereocenters. The third kappa shape index (κ3) is 5.90. The molecule has 0 aliphatic carbocycles. The Kier molecular flexibility index (Phi) is 5.68. The molecule has 0 rings (SSSR count). The second-order valence-electron chi connectivity index (χ2n) is 4.38. The molecule has 1 heteroatoms. The van der Waals surface area contributed by atoms with Crippen LogP contribution < -0.4 is 0 Å². The van der Waals surface area contributed by atoms with E-state index in [-0.39, 0.29) is 0 Å². The molecule has 0 aliphatic rings. The Morgan fingerprint density at radius 2 is 1.79 bits per heavy atom. The molecule has 0 bridgehead atoms. The van der Waals surface area contributed by atoms with Gasteiger partial charge >= 0.3 is 0 Å². The van der Waals surface area contributed by atoms with Crippen molar-refractivity contribution < 1.29 is 5.11 Å². The van der Waals surface area contributed by atoms with Gasteiger partial charge in [-0.3, -0.25) is 0 Å². The van der Waals surface area contributed by atoms with Gasteiger partial charge in [-0.05, 0) is 32.6 Å². The Bertz CT molecular complexity index is 185.